The van der Waals surface area contributed by atoms with Gasteiger partial charge >= 0.3 is 6.01 Å². The van der Waals surface area contributed by atoms with Gasteiger partial charge in [-0.1, -0.05) is 17.9 Å². The van der Waals surface area contributed by atoms with E-state index < -0.39 is 0 Å². The molecule has 0 aliphatic heterocycles. The number of carbonyl (C=O) groups excluding carboxylic acids is 1. The number of aryl methyl sites for hydroxylation is 1. The van der Waals surface area contributed by atoms with E-state index in [1.54, 1.807) is 6.92 Å². The van der Waals surface area contributed by atoms with E-state index in [-0.39, 0.29) is 25.1 Å². The molecule has 0 saturated heterocycles. The quantitative estimate of drug-likeness (QED) is 0.783. The smallest absolute Gasteiger partial charge is 0.322 e. The highest BCUT2D eigenvalue weighted by Gasteiger charge is 2.24. The molecule has 7 nitrogen and oxygen atoms in total. The molecule has 1 aromatic heterocycles. The van der Waals surface area contributed by atoms with Gasteiger partial charge < -0.3 is 9.52 Å². The van der Waals surface area contributed by atoms with Crippen LogP contribution in [0.15, 0.2) is 4.42 Å². The maximum absolute atomic E-state index is 11.9. The summed E-state index contributed by atoms with van der Waals surface area (Å²) >= 11 is 0. The minimum atomic E-state index is -0.191. The Morgan fingerprint density at radius 1 is 1.47 bits per heavy atom. The number of nitrogens with one attached hydrogen (secondary N) is 1. The molecule has 1 aliphatic rings. The molecule has 19 heavy (non-hydrogen) atoms. The molecule has 0 unspecified atom stereocenters. The number of aliphatic hydroxyl groups excluding tert-OH is 1. The molecule has 1 saturated carbocycles. The lowest BCUT2D eigenvalue weighted by Crippen LogP contribution is -2.41. The van der Waals surface area contributed by atoms with Crippen molar-refractivity contribution in [2.24, 2.45) is 0 Å². The standard InChI is InChI=1S/C12H20N4O3/c1-9-14-15-12(19-9)13-11(18)8-16(6-7-17)10-4-2-3-5-10/h10,17H,2-8H2,1H3,(H,13,15,18). The van der Waals surface area contributed by atoms with Crippen molar-refractivity contribution in [1.29, 1.82) is 0 Å². The summed E-state index contributed by atoms with van der Waals surface area (Å²) in [6.07, 6.45) is 4.56. The number of aliphatic hydroxyl groups is 1. The minimum absolute atomic E-state index is 0.0590. The van der Waals surface area contributed by atoms with E-state index >= 15 is 0 Å². The zero-order chi connectivity index (χ0) is 13.7. The molecule has 0 spiro atoms. The van der Waals surface area contributed by atoms with Gasteiger partial charge in [-0.25, -0.2) is 0 Å². The van der Waals surface area contributed by atoms with Gasteiger partial charge in [0.15, 0.2) is 0 Å². The van der Waals surface area contributed by atoms with Crippen molar-refractivity contribution in [1.82, 2.24) is 15.1 Å². The third kappa shape index (κ3) is 4.00. The number of anilines is 1. The number of hydrogen-bond acceptors (Lipinski definition) is 6. The van der Waals surface area contributed by atoms with E-state index in [4.69, 9.17) is 9.52 Å². The average molecular weight is 268 g/mol. The predicted octanol–water partition coefficient (Wildman–Crippen LogP) is 0.553. The topological polar surface area (TPSA) is 91.5 Å². The van der Waals surface area contributed by atoms with Gasteiger partial charge in [0, 0.05) is 19.5 Å². The number of hydrogen-bond donors (Lipinski definition) is 2. The molecule has 1 amide bonds. The van der Waals surface area contributed by atoms with E-state index in [1.165, 1.54) is 12.8 Å². The predicted molar refractivity (Wildman–Crippen MR) is 68.6 cm³/mol. The first-order valence-electron chi connectivity index (χ1n) is 6.64. The van der Waals surface area contributed by atoms with E-state index in [0.717, 1.165) is 12.8 Å². The van der Waals surface area contributed by atoms with Crippen molar-refractivity contribution in [3.05, 3.63) is 5.89 Å². The maximum atomic E-state index is 11.9. The van der Waals surface area contributed by atoms with Crippen LogP contribution in [0, 0.1) is 6.92 Å². The van der Waals surface area contributed by atoms with Crippen molar-refractivity contribution in [3.8, 4) is 0 Å². The number of aromatic nitrogens is 2. The SMILES string of the molecule is Cc1nnc(NC(=O)CN(CCO)C2CCCC2)o1. The number of carbonyl (C=O) groups is 1. The Labute approximate surface area is 112 Å². The van der Waals surface area contributed by atoms with Crippen LogP contribution in [0.3, 0.4) is 0 Å². The molecule has 2 rings (SSSR count). The van der Waals surface area contributed by atoms with Gasteiger partial charge in [-0.15, -0.1) is 5.10 Å². The van der Waals surface area contributed by atoms with Crippen molar-refractivity contribution in [2.75, 3.05) is 25.0 Å². The van der Waals surface area contributed by atoms with Gasteiger partial charge in [-0.3, -0.25) is 15.0 Å². The van der Waals surface area contributed by atoms with Crippen LogP contribution in [0.25, 0.3) is 0 Å². The van der Waals surface area contributed by atoms with Crippen molar-refractivity contribution < 1.29 is 14.3 Å². The highest BCUT2D eigenvalue weighted by Crippen LogP contribution is 2.23. The molecule has 7 heteroatoms. The van der Waals surface area contributed by atoms with Gasteiger partial charge in [0.1, 0.15) is 0 Å². The molecule has 0 radical (unpaired) electrons. The van der Waals surface area contributed by atoms with Crippen molar-refractivity contribution in [2.45, 2.75) is 38.6 Å². The summed E-state index contributed by atoms with van der Waals surface area (Å²) < 4.78 is 5.10. The van der Waals surface area contributed by atoms with Crippen LogP contribution in [0.5, 0.6) is 0 Å². The molecule has 0 aromatic carbocycles. The molecular formula is C12H20N4O3. The molecule has 106 valence electrons. The summed E-state index contributed by atoms with van der Waals surface area (Å²) in [4.78, 5) is 13.9. The molecule has 1 fully saturated rings. The first-order valence-corrected chi connectivity index (χ1v) is 6.64. The Bertz CT molecular complexity index is 415. The second kappa shape index (κ2) is 6.63. The average Bonchev–Trinajstić information content (AvgIpc) is 3.00. The van der Waals surface area contributed by atoms with Crippen LogP contribution in [0.1, 0.15) is 31.6 Å². The maximum Gasteiger partial charge on any atom is 0.322 e. The summed E-state index contributed by atoms with van der Waals surface area (Å²) in [5.74, 6) is 0.224. The van der Waals surface area contributed by atoms with Crippen LogP contribution in [-0.4, -0.2) is 51.8 Å². The Balaban J connectivity index is 1.87. The first kappa shape index (κ1) is 14.0. The van der Waals surface area contributed by atoms with E-state index in [2.05, 4.69) is 15.5 Å². The van der Waals surface area contributed by atoms with Crippen LogP contribution in [-0.2, 0) is 4.79 Å². The Hall–Kier alpha value is -1.47. The fourth-order valence-corrected chi connectivity index (χ4v) is 2.48. The monoisotopic (exact) mass is 268 g/mol. The number of amides is 1. The van der Waals surface area contributed by atoms with Gasteiger partial charge in [0.25, 0.3) is 0 Å². The van der Waals surface area contributed by atoms with Crippen molar-refractivity contribution in [3.63, 3.8) is 0 Å². The summed E-state index contributed by atoms with van der Waals surface area (Å²) in [7, 11) is 0. The van der Waals surface area contributed by atoms with E-state index in [9.17, 15) is 4.79 Å². The fourth-order valence-electron chi connectivity index (χ4n) is 2.48. The molecule has 0 bridgehead atoms. The van der Waals surface area contributed by atoms with Crippen LogP contribution in [0.2, 0.25) is 0 Å². The first-order chi connectivity index (χ1) is 9.19. The lowest BCUT2D eigenvalue weighted by atomic mass is 10.2. The van der Waals surface area contributed by atoms with E-state index in [0.29, 0.717) is 18.5 Å². The molecular weight excluding hydrogens is 248 g/mol. The highest BCUT2D eigenvalue weighted by atomic mass is 16.4. The summed E-state index contributed by atoms with van der Waals surface area (Å²) in [5.41, 5.74) is 0. The highest BCUT2D eigenvalue weighted by molar-refractivity contribution is 5.90. The van der Waals surface area contributed by atoms with Gasteiger partial charge in [0.05, 0.1) is 13.2 Å². The summed E-state index contributed by atoms with van der Waals surface area (Å²) in [5, 5.41) is 19.0. The van der Waals surface area contributed by atoms with Crippen LogP contribution >= 0.6 is 0 Å². The third-order valence-electron chi connectivity index (χ3n) is 3.35. The molecule has 1 aliphatic carbocycles. The largest absolute Gasteiger partial charge is 0.408 e. The minimum Gasteiger partial charge on any atom is -0.408 e. The zero-order valence-corrected chi connectivity index (χ0v) is 11.1. The van der Waals surface area contributed by atoms with Crippen molar-refractivity contribution >= 4 is 11.9 Å². The Morgan fingerprint density at radius 3 is 2.79 bits per heavy atom. The van der Waals surface area contributed by atoms with Crippen LogP contribution < -0.4 is 5.32 Å². The number of rotatable bonds is 6. The molecule has 0 atom stereocenters. The summed E-state index contributed by atoms with van der Waals surface area (Å²) in [6.45, 7) is 2.48. The Morgan fingerprint density at radius 2 is 2.21 bits per heavy atom. The normalized spacial score (nSPS) is 16.2. The van der Waals surface area contributed by atoms with E-state index in [1.807, 2.05) is 4.90 Å². The third-order valence-corrected chi connectivity index (χ3v) is 3.35. The Kier molecular flexibility index (Phi) is 4.86. The molecule has 2 N–H and O–H groups in total. The van der Waals surface area contributed by atoms with Gasteiger partial charge in [-0.2, -0.15) is 0 Å². The van der Waals surface area contributed by atoms with Crippen LogP contribution in [0.4, 0.5) is 6.01 Å². The molecule has 1 aromatic rings. The second-order valence-electron chi connectivity index (χ2n) is 4.81. The fraction of sp³-hybridized carbons (Fsp3) is 0.750. The lowest BCUT2D eigenvalue weighted by Gasteiger charge is -2.26. The second-order valence-corrected chi connectivity index (χ2v) is 4.81. The lowest BCUT2D eigenvalue weighted by molar-refractivity contribution is -0.118. The zero-order valence-electron chi connectivity index (χ0n) is 11.1. The summed E-state index contributed by atoms with van der Waals surface area (Å²) in [6, 6.07) is 0.514. The van der Waals surface area contributed by atoms with Gasteiger partial charge in [0.2, 0.25) is 11.8 Å². The van der Waals surface area contributed by atoms with Gasteiger partial charge in [-0.05, 0) is 12.8 Å². The molecule has 1 heterocycles. The number of nitrogens with zero attached hydrogens (tertiary/aromatic N) is 3.